The van der Waals surface area contributed by atoms with Crippen LogP contribution in [0.3, 0.4) is 0 Å². The molecular weight excluding hydrogens is 542 g/mol. The Labute approximate surface area is 242 Å². The summed E-state index contributed by atoms with van der Waals surface area (Å²) in [5.74, 6) is 0.655. The standard InChI is InChI=1S/C30H29N5O3S2/c1-4-32-23-12-10-21(18-31)16-24(23)33-30-35(19-20-8-6-5-7-9-20)28(36)27(40-30)29-34(2)25-13-11-22(17-26(25)39-29)38-15-14-37-3/h5-13,16-17,32H,4,14-15,19H2,1-3H3/b29-27-,33-30+. The van der Waals surface area contributed by atoms with Gasteiger partial charge >= 0.3 is 0 Å². The fourth-order valence-corrected chi connectivity index (χ4v) is 6.69. The van der Waals surface area contributed by atoms with E-state index < -0.39 is 0 Å². The molecule has 0 spiro atoms. The number of rotatable bonds is 9. The number of nitrogens with one attached hydrogen (secondary N) is 1. The maximum Gasteiger partial charge on any atom is 0.269 e. The number of hydrogen-bond acceptors (Lipinski definition) is 9. The molecule has 10 heteroatoms. The number of benzene rings is 3. The fraction of sp³-hybridized carbons (Fsp3) is 0.233. The Kier molecular flexibility index (Phi) is 8.65. The number of amides is 1. The summed E-state index contributed by atoms with van der Waals surface area (Å²) in [5, 5.41) is 14.2. The van der Waals surface area contributed by atoms with Crippen LogP contribution in [0.1, 0.15) is 18.1 Å². The van der Waals surface area contributed by atoms with Crippen molar-refractivity contribution in [2.24, 2.45) is 4.99 Å². The lowest BCUT2D eigenvalue weighted by Crippen LogP contribution is -2.29. The van der Waals surface area contributed by atoms with Gasteiger partial charge in [-0.2, -0.15) is 5.26 Å². The van der Waals surface area contributed by atoms with Gasteiger partial charge in [-0.1, -0.05) is 42.1 Å². The van der Waals surface area contributed by atoms with Gasteiger partial charge in [0.2, 0.25) is 0 Å². The Balaban J connectivity index is 1.53. The van der Waals surface area contributed by atoms with Crippen LogP contribution in [0.25, 0.3) is 0 Å². The predicted octanol–water partition coefficient (Wildman–Crippen LogP) is 6.19. The second-order valence-electron chi connectivity index (χ2n) is 9.01. The lowest BCUT2D eigenvalue weighted by molar-refractivity contribution is -0.122. The number of anilines is 2. The molecule has 1 N–H and O–H groups in total. The number of fused-ring (bicyclic) bond motifs is 1. The third-order valence-corrected chi connectivity index (χ3v) is 8.73. The number of methoxy groups -OCH3 is 1. The Morgan fingerprint density at radius 3 is 2.62 bits per heavy atom. The van der Waals surface area contributed by atoms with Crippen molar-refractivity contribution >= 4 is 51.7 Å². The average molecular weight is 572 g/mol. The van der Waals surface area contributed by atoms with Crippen LogP contribution in [-0.4, -0.2) is 49.9 Å². The topological polar surface area (TPSA) is 90.2 Å². The molecule has 0 aromatic heterocycles. The molecule has 8 nitrogen and oxygen atoms in total. The summed E-state index contributed by atoms with van der Waals surface area (Å²) in [5.41, 5.74) is 3.95. The van der Waals surface area contributed by atoms with E-state index in [1.165, 1.54) is 11.8 Å². The number of nitrogens with zero attached hydrogens (tertiary/aromatic N) is 4. The van der Waals surface area contributed by atoms with Crippen LogP contribution < -0.4 is 15.0 Å². The zero-order chi connectivity index (χ0) is 28.1. The van der Waals surface area contributed by atoms with Crippen molar-refractivity contribution < 1.29 is 14.3 Å². The fourth-order valence-electron chi connectivity index (χ4n) is 4.33. The minimum absolute atomic E-state index is 0.104. The summed E-state index contributed by atoms with van der Waals surface area (Å²) in [6, 6.07) is 23.4. The highest BCUT2D eigenvalue weighted by molar-refractivity contribution is 8.19. The van der Waals surface area contributed by atoms with Crippen molar-refractivity contribution in [1.29, 1.82) is 5.26 Å². The third-order valence-electron chi connectivity index (χ3n) is 6.31. The number of ether oxygens (including phenoxy) is 2. The van der Waals surface area contributed by atoms with Crippen LogP contribution in [0.5, 0.6) is 5.75 Å². The van der Waals surface area contributed by atoms with Gasteiger partial charge in [-0.25, -0.2) is 4.99 Å². The minimum atomic E-state index is -0.104. The monoisotopic (exact) mass is 571 g/mol. The van der Waals surface area contributed by atoms with Gasteiger partial charge in [0.05, 0.1) is 46.9 Å². The van der Waals surface area contributed by atoms with Crippen LogP contribution in [0.4, 0.5) is 17.1 Å². The minimum Gasteiger partial charge on any atom is -0.491 e. The zero-order valence-electron chi connectivity index (χ0n) is 22.5. The highest BCUT2D eigenvalue weighted by Gasteiger charge is 2.39. The molecule has 3 aromatic carbocycles. The molecule has 2 aliphatic rings. The molecule has 40 heavy (non-hydrogen) atoms. The zero-order valence-corrected chi connectivity index (χ0v) is 24.1. The number of hydrogen-bond donors (Lipinski definition) is 1. The van der Waals surface area contributed by atoms with Crippen LogP contribution in [-0.2, 0) is 16.1 Å². The second-order valence-corrected chi connectivity index (χ2v) is 11.0. The first kappa shape index (κ1) is 27.6. The van der Waals surface area contributed by atoms with Crippen LogP contribution >= 0.6 is 23.5 Å². The molecule has 3 aromatic rings. The quantitative estimate of drug-likeness (QED) is 0.240. The molecule has 5 rings (SSSR count). The molecular formula is C30H29N5O3S2. The highest BCUT2D eigenvalue weighted by atomic mass is 32.2. The number of carbonyl (C=O) groups excluding carboxylic acids is 1. The smallest absolute Gasteiger partial charge is 0.269 e. The summed E-state index contributed by atoms with van der Waals surface area (Å²) < 4.78 is 10.9. The molecule has 0 saturated carbocycles. The van der Waals surface area contributed by atoms with Gasteiger partial charge in [-0.3, -0.25) is 9.69 Å². The highest BCUT2D eigenvalue weighted by Crippen LogP contribution is 2.51. The molecule has 2 heterocycles. The SMILES string of the molecule is CCNc1ccc(C#N)cc1/N=C1/S/C(=C2\Sc3cc(OCCOC)ccc3N2C)C(=O)N1Cc1ccccc1. The van der Waals surface area contributed by atoms with E-state index in [0.717, 1.165) is 32.6 Å². The molecule has 1 amide bonds. The third kappa shape index (κ3) is 5.82. The molecule has 0 bridgehead atoms. The van der Waals surface area contributed by atoms with E-state index in [-0.39, 0.29) is 5.91 Å². The first-order valence-electron chi connectivity index (χ1n) is 12.8. The molecule has 0 radical (unpaired) electrons. The van der Waals surface area contributed by atoms with Crippen molar-refractivity contribution in [3.63, 3.8) is 0 Å². The van der Waals surface area contributed by atoms with E-state index in [1.54, 1.807) is 35.9 Å². The Morgan fingerprint density at radius 1 is 1.05 bits per heavy atom. The first-order valence-corrected chi connectivity index (χ1v) is 14.5. The van der Waals surface area contributed by atoms with E-state index >= 15 is 0 Å². The van der Waals surface area contributed by atoms with Crippen LogP contribution in [0.2, 0.25) is 0 Å². The summed E-state index contributed by atoms with van der Waals surface area (Å²) in [6.07, 6.45) is 0. The van der Waals surface area contributed by atoms with E-state index in [0.29, 0.717) is 47.6 Å². The molecule has 2 aliphatic heterocycles. The Morgan fingerprint density at radius 2 is 1.88 bits per heavy atom. The summed E-state index contributed by atoms with van der Waals surface area (Å²) in [7, 11) is 3.61. The van der Waals surface area contributed by atoms with Crippen LogP contribution in [0, 0.1) is 11.3 Å². The molecule has 0 aliphatic carbocycles. The van der Waals surface area contributed by atoms with Gasteiger partial charge in [0.1, 0.15) is 17.3 Å². The Hall–Kier alpha value is -3.91. The van der Waals surface area contributed by atoms with Gasteiger partial charge in [-0.15, -0.1) is 0 Å². The summed E-state index contributed by atoms with van der Waals surface area (Å²) in [4.78, 5) is 24.3. The molecule has 204 valence electrons. The maximum absolute atomic E-state index is 14.0. The number of carbonyl (C=O) groups is 1. The van der Waals surface area contributed by atoms with Gasteiger partial charge in [0, 0.05) is 25.6 Å². The lowest BCUT2D eigenvalue weighted by atomic mass is 10.2. The molecule has 0 atom stereocenters. The van der Waals surface area contributed by atoms with Crippen molar-refractivity contribution in [1.82, 2.24) is 4.90 Å². The largest absolute Gasteiger partial charge is 0.491 e. The van der Waals surface area contributed by atoms with E-state index in [9.17, 15) is 10.1 Å². The van der Waals surface area contributed by atoms with E-state index in [1.807, 2.05) is 73.5 Å². The molecule has 1 fully saturated rings. The van der Waals surface area contributed by atoms with E-state index in [4.69, 9.17) is 14.5 Å². The van der Waals surface area contributed by atoms with Gasteiger partial charge < -0.3 is 19.7 Å². The normalized spacial score (nSPS) is 17.4. The van der Waals surface area contributed by atoms with Crippen molar-refractivity contribution in [2.75, 3.05) is 44.1 Å². The second kappa shape index (κ2) is 12.5. The van der Waals surface area contributed by atoms with Crippen LogP contribution in [0.15, 0.2) is 86.6 Å². The number of nitriles is 1. The van der Waals surface area contributed by atoms with Gasteiger partial charge in [0.25, 0.3) is 5.91 Å². The summed E-state index contributed by atoms with van der Waals surface area (Å²) in [6.45, 7) is 4.07. The van der Waals surface area contributed by atoms with Crippen molar-refractivity contribution in [2.45, 2.75) is 18.4 Å². The maximum atomic E-state index is 14.0. The van der Waals surface area contributed by atoms with E-state index in [2.05, 4.69) is 11.4 Å². The van der Waals surface area contributed by atoms with Gasteiger partial charge in [-0.05, 0) is 60.6 Å². The average Bonchev–Trinajstić information content (AvgIpc) is 3.45. The number of aliphatic imine (C=N–C) groups is 1. The molecule has 0 unspecified atom stereocenters. The van der Waals surface area contributed by atoms with Crippen molar-refractivity contribution in [3.8, 4) is 11.8 Å². The lowest BCUT2D eigenvalue weighted by Gasteiger charge is -2.17. The number of thioether (sulfide) groups is 2. The predicted molar refractivity (Wildman–Crippen MR) is 162 cm³/mol. The molecule has 1 saturated heterocycles. The number of amidine groups is 1. The first-order chi connectivity index (χ1) is 19.5. The summed E-state index contributed by atoms with van der Waals surface area (Å²) >= 11 is 2.91. The van der Waals surface area contributed by atoms with Gasteiger partial charge in [0.15, 0.2) is 5.17 Å². The van der Waals surface area contributed by atoms with Crippen molar-refractivity contribution in [3.05, 3.63) is 87.8 Å². The Bertz CT molecular complexity index is 1520.